The van der Waals surface area contributed by atoms with E-state index in [0.717, 1.165) is 37.1 Å². The first-order valence-electron chi connectivity index (χ1n) is 8.20. The number of likely N-dealkylation sites (tertiary alicyclic amines) is 1. The smallest absolute Gasteiger partial charge is 0.119 e. The summed E-state index contributed by atoms with van der Waals surface area (Å²) in [5.41, 5.74) is 7.75. The van der Waals surface area contributed by atoms with Crippen LogP contribution in [0.5, 0.6) is 5.75 Å². The lowest BCUT2D eigenvalue weighted by Gasteiger charge is -2.42. The third-order valence-electron chi connectivity index (χ3n) is 5.07. The van der Waals surface area contributed by atoms with Crippen molar-refractivity contribution < 1.29 is 4.74 Å². The standard InChI is InChI=1S/C18H30N2O/c1-5-17(19)18(15-7-6-8-16(11-15)21-4)20-10-9-13(2)14(3)12-20/h6-8,11,13-14,17-18H,5,9-10,12,19H2,1-4H3. The van der Waals surface area contributed by atoms with E-state index in [-0.39, 0.29) is 6.04 Å². The second-order valence-corrected chi connectivity index (χ2v) is 6.53. The van der Waals surface area contributed by atoms with E-state index in [4.69, 9.17) is 10.5 Å². The minimum atomic E-state index is 0.165. The topological polar surface area (TPSA) is 38.5 Å². The average Bonchev–Trinajstić information content (AvgIpc) is 2.51. The van der Waals surface area contributed by atoms with E-state index in [1.54, 1.807) is 7.11 Å². The first-order chi connectivity index (χ1) is 10.1. The van der Waals surface area contributed by atoms with Crippen LogP contribution in [0.15, 0.2) is 24.3 Å². The molecule has 1 aliphatic heterocycles. The van der Waals surface area contributed by atoms with Gasteiger partial charge in [-0.15, -0.1) is 0 Å². The van der Waals surface area contributed by atoms with Gasteiger partial charge in [0.2, 0.25) is 0 Å². The molecule has 2 N–H and O–H groups in total. The summed E-state index contributed by atoms with van der Waals surface area (Å²) in [5, 5.41) is 0. The van der Waals surface area contributed by atoms with Gasteiger partial charge in [-0.3, -0.25) is 4.90 Å². The molecule has 1 aliphatic rings. The minimum Gasteiger partial charge on any atom is -0.497 e. The number of rotatable bonds is 5. The normalized spacial score (nSPS) is 26.3. The molecule has 0 aliphatic carbocycles. The Morgan fingerprint density at radius 2 is 2.10 bits per heavy atom. The van der Waals surface area contributed by atoms with E-state index in [2.05, 4.69) is 43.9 Å². The fraction of sp³-hybridized carbons (Fsp3) is 0.667. The molecule has 4 atom stereocenters. The number of nitrogens with zero attached hydrogens (tertiary/aromatic N) is 1. The molecule has 21 heavy (non-hydrogen) atoms. The second kappa shape index (κ2) is 7.28. The highest BCUT2D eigenvalue weighted by Gasteiger charge is 2.31. The highest BCUT2D eigenvalue weighted by Crippen LogP contribution is 2.33. The van der Waals surface area contributed by atoms with Crippen molar-refractivity contribution >= 4 is 0 Å². The number of hydrogen-bond donors (Lipinski definition) is 1. The van der Waals surface area contributed by atoms with Crippen LogP contribution >= 0.6 is 0 Å². The quantitative estimate of drug-likeness (QED) is 0.902. The van der Waals surface area contributed by atoms with E-state index in [0.29, 0.717) is 6.04 Å². The van der Waals surface area contributed by atoms with Crippen LogP contribution in [0.25, 0.3) is 0 Å². The van der Waals surface area contributed by atoms with E-state index in [1.807, 2.05) is 6.07 Å². The lowest BCUT2D eigenvalue weighted by molar-refractivity contribution is 0.0815. The Morgan fingerprint density at radius 1 is 1.33 bits per heavy atom. The lowest BCUT2D eigenvalue weighted by atomic mass is 9.85. The molecule has 0 radical (unpaired) electrons. The Bertz CT molecular complexity index is 449. The van der Waals surface area contributed by atoms with Crippen LogP contribution in [-0.4, -0.2) is 31.1 Å². The minimum absolute atomic E-state index is 0.165. The van der Waals surface area contributed by atoms with Gasteiger partial charge < -0.3 is 10.5 Å². The molecular formula is C18H30N2O. The maximum absolute atomic E-state index is 6.47. The fourth-order valence-electron chi connectivity index (χ4n) is 3.33. The van der Waals surface area contributed by atoms with Crippen molar-refractivity contribution in [1.82, 2.24) is 4.90 Å². The molecule has 4 unspecified atom stereocenters. The zero-order valence-electron chi connectivity index (χ0n) is 13.9. The van der Waals surface area contributed by atoms with E-state index in [1.165, 1.54) is 12.0 Å². The molecule has 1 aromatic rings. The van der Waals surface area contributed by atoms with E-state index < -0.39 is 0 Å². The molecule has 1 aromatic carbocycles. The van der Waals surface area contributed by atoms with Gasteiger partial charge in [0.1, 0.15) is 5.75 Å². The van der Waals surface area contributed by atoms with Gasteiger partial charge in [0.15, 0.2) is 0 Å². The van der Waals surface area contributed by atoms with Crippen molar-refractivity contribution in [3.8, 4) is 5.75 Å². The third kappa shape index (κ3) is 3.78. The van der Waals surface area contributed by atoms with Gasteiger partial charge in [-0.1, -0.05) is 32.9 Å². The summed E-state index contributed by atoms with van der Waals surface area (Å²) < 4.78 is 5.38. The van der Waals surface area contributed by atoms with Gasteiger partial charge in [-0.05, 0) is 48.9 Å². The molecule has 2 rings (SSSR count). The monoisotopic (exact) mass is 290 g/mol. The van der Waals surface area contributed by atoms with Crippen molar-refractivity contribution in [2.75, 3.05) is 20.2 Å². The van der Waals surface area contributed by atoms with Crippen molar-refractivity contribution in [3.05, 3.63) is 29.8 Å². The molecule has 1 fully saturated rings. The molecule has 118 valence electrons. The number of methoxy groups -OCH3 is 1. The van der Waals surface area contributed by atoms with Crippen LogP contribution in [0.2, 0.25) is 0 Å². The predicted molar refractivity (Wildman–Crippen MR) is 88.5 cm³/mol. The van der Waals surface area contributed by atoms with E-state index >= 15 is 0 Å². The highest BCUT2D eigenvalue weighted by molar-refractivity contribution is 5.31. The molecule has 0 bridgehead atoms. The van der Waals surface area contributed by atoms with Crippen molar-refractivity contribution in [2.45, 2.75) is 45.7 Å². The molecule has 0 spiro atoms. The lowest BCUT2D eigenvalue weighted by Crippen LogP contribution is -2.47. The molecule has 3 heteroatoms. The maximum atomic E-state index is 6.47. The summed E-state index contributed by atoms with van der Waals surface area (Å²) in [4.78, 5) is 2.58. The summed E-state index contributed by atoms with van der Waals surface area (Å²) in [6.07, 6.45) is 2.25. The van der Waals surface area contributed by atoms with Crippen molar-refractivity contribution in [2.24, 2.45) is 17.6 Å². The summed E-state index contributed by atoms with van der Waals surface area (Å²) in [7, 11) is 1.72. The van der Waals surface area contributed by atoms with Crippen molar-refractivity contribution in [1.29, 1.82) is 0 Å². The Hall–Kier alpha value is -1.06. The molecular weight excluding hydrogens is 260 g/mol. The molecule has 3 nitrogen and oxygen atoms in total. The van der Waals surface area contributed by atoms with Crippen LogP contribution in [0.1, 0.15) is 45.2 Å². The highest BCUT2D eigenvalue weighted by atomic mass is 16.5. The number of ether oxygens (including phenoxy) is 1. The Kier molecular flexibility index (Phi) is 5.65. The van der Waals surface area contributed by atoms with Gasteiger partial charge in [0.05, 0.1) is 13.2 Å². The summed E-state index contributed by atoms with van der Waals surface area (Å²) in [5.74, 6) is 2.46. The van der Waals surface area contributed by atoms with Crippen molar-refractivity contribution in [3.63, 3.8) is 0 Å². The number of piperidine rings is 1. The van der Waals surface area contributed by atoms with Crippen LogP contribution in [0, 0.1) is 11.8 Å². The number of nitrogens with two attached hydrogens (primary N) is 1. The predicted octanol–water partition coefficient (Wildman–Crippen LogP) is 3.45. The fourth-order valence-corrected chi connectivity index (χ4v) is 3.33. The van der Waals surface area contributed by atoms with Gasteiger partial charge in [0.25, 0.3) is 0 Å². The molecule has 0 saturated carbocycles. The van der Waals surface area contributed by atoms with Gasteiger partial charge in [-0.2, -0.15) is 0 Å². The van der Waals surface area contributed by atoms with Crippen LogP contribution < -0.4 is 10.5 Å². The third-order valence-corrected chi connectivity index (χ3v) is 5.07. The molecule has 1 heterocycles. The van der Waals surface area contributed by atoms with Gasteiger partial charge in [0, 0.05) is 12.6 Å². The maximum Gasteiger partial charge on any atom is 0.119 e. The van der Waals surface area contributed by atoms with Crippen LogP contribution in [0.3, 0.4) is 0 Å². The first kappa shape index (κ1) is 16.3. The number of benzene rings is 1. The molecule has 0 aromatic heterocycles. The second-order valence-electron chi connectivity index (χ2n) is 6.53. The zero-order valence-corrected chi connectivity index (χ0v) is 13.9. The van der Waals surface area contributed by atoms with Crippen LogP contribution in [0.4, 0.5) is 0 Å². The van der Waals surface area contributed by atoms with Crippen LogP contribution in [-0.2, 0) is 0 Å². The largest absolute Gasteiger partial charge is 0.497 e. The van der Waals surface area contributed by atoms with Gasteiger partial charge >= 0.3 is 0 Å². The first-order valence-corrected chi connectivity index (χ1v) is 8.20. The van der Waals surface area contributed by atoms with Gasteiger partial charge in [-0.25, -0.2) is 0 Å². The average molecular weight is 290 g/mol. The summed E-state index contributed by atoms with van der Waals surface area (Å²) in [6.45, 7) is 9.17. The zero-order chi connectivity index (χ0) is 15.4. The Morgan fingerprint density at radius 3 is 2.71 bits per heavy atom. The number of hydrogen-bond acceptors (Lipinski definition) is 3. The summed E-state index contributed by atoms with van der Waals surface area (Å²) in [6, 6.07) is 8.85. The Labute approximate surface area is 129 Å². The Balaban J connectivity index is 2.25. The van der Waals surface area contributed by atoms with E-state index in [9.17, 15) is 0 Å². The summed E-state index contributed by atoms with van der Waals surface area (Å²) >= 11 is 0. The molecule has 1 saturated heterocycles. The molecule has 0 amide bonds. The SMILES string of the molecule is CCC(N)C(c1cccc(OC)c1)N1CCC(C)C(C)C1.